The van der Waals surface area contributed by atoms with Crippen LogP contribution in [0.3, 0.4) is 0 Å². The summed E-state index contributed by atoms with van der Waals surface area (Å²) in [7, 11) is -3.99. The van der Waals surface area contributed by atoms with Gasteiger partial charge in [0.1, 0.15) is 0 Å². The highest BCUT2D eigenvalue weighted by Gasteiger charge is 2.49. The fourth-order valence-corrected chi connectivity index (χ4v) is 1.86. The molecule has 1 rings (SSSR count). The number of aryl methyl sites for hydroxylation is 1. The van der Waals surface area contributed by atoms with E-state index in [1.54, 1.807) is 5.32 Å². The van der Waals surface area contributed by atoms with Crippen LogP contribution >= 0.6 is 0 Å². The van der Waals surface area contributed by atoms with Gasteiger partial charge in [0, 0.05) is 5.69 Å². The molecule has 0 aliphatic heterocycles. The summed E-state index contributed by atoms with van der Waals surface area (Å²) in [6, 6.07) is 2.96. The lowest BCUT2D eigenvalue weighted by Crippen LogP contribution is -2.41. The Bertz CT molecular complexity index is 631. The van der Waals surface area contributed by atoms with Gasteiger partial charge < -0.3 is 5.32 Å². The molecule has 0 fully saturated rings. The van der Waals surface area contributed by atoms with E-state index in [4.69, 9.17) is 5.14 Å². The van der Waals surface area contributed by atoms with Crippen LogP contribution in [0.4, 0.5) is 23.2 Å². The minimum atomic E-state index is -4.84. The average molecular weight is 314 g/mol. The molecule has 1 aromatic carbocycles. The molecule has 0 spiro atoms. The van der Waals surface area contributed by atoms with E-state index in [-0.39, 0.29) is 16.1 Å². The van der Waals surface area contributed by atoms with Gasteiger partial charge in [0.25, 0.3) is 0 Å². The molecule has 0 aliphatic carbocycles. The maximum atomic E-state index is 12.7. The van der Waals surface area contributed by atoms with Crippen molar-refractivity contribution in [1.82, 2.24) is 0 Å². The van der Waals surface area contributed by atoms with E-state index in [9.17, 15) is 30.8 Å². The van der Waals surface area contributed by atoms with Crippen molar-refractivity contribution >= 4 is 21.6 Å². The number of carbonyl (C=O) groups excluding carboxylic acids is 1. The molecule has 5 nitrogen and oxygen atoms in total. The van der Waals surface area contributed by atoms with Crippen LogP contribution in [0.2, 0.25) is 0 Å². The zero-order chi connectivity index (χ0) is 15.7. The maximum absolute atomic E-state index is 12.7. The molecule has 0 atom stereocenters. The van der Waals surface area contributed by atoms with Gasteiger partial charge in [-0.2, -0.15) is 8.78 Å². The Morgan fingerprint density at radius 2 is 1.90 bits per heavy atom. The summed E-state index contributed by atoms with van der Waals surface area (Å²) in [5, 5.41) is 6.46. The Hall–Kier alpha value is -1.68. The molecule has 3 N–H and O–H groups in total. The molecule has 1 amide bonds. The highest BCUT2D eigenvalue weighted by Crippen LogP contribution is 2.26. The van der Waals surface area contributed by atoms with Gasteiger partial charge in [-0.25, -0.2) is 22.3 Å². The Labute approximate surface area is 111 Å². The van der Waals surface area contributed by atoms with E-state index in [0.717, 1.165) is 18.2 Å². The third kappa shape index (κ3) is 3.45. The number of nitrogens with two attached hydrogens (primary N) is 1. The Kier molecular flexibility index (Phi) is 4.39. The fraction of sp³-hybridized carbons (Fsp3) is 0.300. The first-order valence-corrected chi connectivity index (χ1v) is 6.61. The number of anilines is 1. The monoisotopic (exact) mass is 314 g/mol. The number of hydrogen-bond acceptors (Lipinski definition) is 3. The normalized spacial score (nSPS) is 12.6. The summed E-state index contributed by atoms with van der Waals surface area (Å²) < 4.78 is 71.5. The van der Waals surface area contributed by atoms with E-state index in [0.29, 0.717) is 0 Å². The quantitative estimate of drug-likeness (QED) is 0.825. The van der Waals surface area contributed by atoms with Gasteiger partial charge in [-0.3, -0.25) is 4.79 Å². The maximum Gasteiger partial charge on any atom is 0.383 e. The summed E-state index contributed by atoms with van der Waals surface area (Å²) in [6.45, 7) is 1.30. The second kappa shape index (κ2) is 5.37. The van der Waals surface area contributed by atoms with Crippen molar-refractivity contribution in [1.29, 1.82) is 0 Å². The largest absolute Gasteiger partial charge is 0.383 e. The van der Waals surface area contributed by atoms with Crippen molar-refractivity contribution in [3.8, 4) is 0 Å². The van der Waals surface area contributed by atoms with Crippen LogP contribution in [0.1, 0.15) is 5.56 Å². The first kappa shape index (κ1) is 16.4. The molecule has 0 radical (unpaired) electrons. The number of benzene rings is 1. The smallest absolute Gasteiger partial charge is 0.320 e. The van der Waals surface area contributed by atoms with Gasteiger partial charge in [0.05, 0.1) is 4.90 Å². The standard InChI is InChI=1S/C10H10F4N2O3S/c1-5-4-6(20(15,18)19)2-3-7(5)16-9(17)10(13,14)8(11)12/h2-4,8H,1H3,(H,16,17)(H2,15,18,19). The predicted octanol–water partition coefficient (Wildman–Crippen LogP) is 1.48. The predicted molar refractivity (Wildman–Crippen MR) is 62.1 cm³/mol. The first-order chi connectivity index (χ1) is 8.96. The number of rotatable bonds is 4. The van der Waals surface area contributed by atoms with Crippen molar-refractivity contribution in [2.24, 2.45) is 5.14 Å². The molecule has 0 aliphatic rings. The van der Waals surface area contributed by atoms with Gasteiger partial charge in [0.2, 0.25) is 10.0 Å². The first-order valence-electron chi connectivity index (χ1n) is 5.07. The number of nitrogens with one attached hydrogen (secondary N) is 1. The average Bonchev–Trinajstić information content (AvgIpc) is 2.29. The van der Waals surface area contributed by atoms with Crippen LogP contribution < -0.4 is 10.5 Å². The summed E-state index contributed by atoms with van der Waals surface area (Å²) in [4.78, 5) is 10.7. The van der Waals surface area contributed by atoms with Crippen LogP contribution in [0, 0.1) is 6.92 Å². The van der Waals surface area contributed by atoms with Crippen molar-refractivity contribution in [3.05, 3.63) is 23.8 Å². The van der Waals surface area contributed by atoms with E-state index < -0.39 is 28.3 Å². The SMILES string of the molecule is Cc1cc(S(N)(=O)=O)ccc1NC(=O)C(F)(F)C(F)F. The highest BCUT2D eigenvalue weighted by molar-refractivity contribution is 7.89. The van der Waals surface area contributed by atoms with E-state index in [1.807, 2.05) is 0 Å². The second-order valence-corrected chi connectivity index (χ2v) is 5.46. The summed E-state index contributed by atoms with van der Waals surface area (Å²) in [6.07, 6.45) is -4.15. The molecule has 0 saturated heterocycles. The van der Waals surface area contributed by atoms with Crippen LogP contribution in [0.5, 0.6) is 0 Å². The molecular weight excluding hydrogens is 304 g/mol. The molecule has 0 heterocycles. The lowest BCUT2D eigenvalue weighted by atomic mass is 10.2. The molecular formula is C10H10F4N2O3S. The van der Waals surface area contributed by atoms with Crippen LogP contribution in [0.25, 0.3) is 0 Å². The number of hydrogen-bond donors (Lipinski definition) is 2. The molecule has 112 valence electrons. The van der Waals surface area contributed by atoms with Crippen LogP contribution in [-0.4, -0.2) is 26.7 Å². The van der Waals surface area contributed by atoms with Gasteiger partial charge in [0.15, 0.2) is 0 Å². The molecule has 1 aromatic rings. The number of halogens is 4. The Morgan fingerprint density at radius 3 is 2.30 bits per heavy atom. The number of primary sulfonamides is 1. The van der Waals surface area contributed by atoms with Crippen LogP contribution in [-0.2, 0) is 14.8 Å². The molecule has 0 aromatic heterocycles. The number of sulfonamides is 1. The Morgan fingerprint density at radius 1 is 1.35 bits per heavy atom. The lowest BCUT2D eigenvalue weighted by molar-refractivity contribution is -0.163. The zero-order valence-corrected chi connectivity index (χ0v) is 10.8. The van der Waals surface area contributed by atoms with E-state index in [1.165, 1.54) is 6.92 Å². The van der Waals surface area contributed by atoms with E-state index in [2.05, 4.69) is 0 Å². The molecule has 0 bridgehead atoms. The second-order valence-electron chi connectivity index (χ2n) is 3.90. The lowest BCUT2D eigenvalue weighted by Gasteiger charge is -2.16. The highest BCUT2D eigenvalue weighted by atomic mass is 32.2. The van der Waals surface area contributed by atoms with Crippen LogP contribution in [0.15, 0.2) is 23.1 Å². The van der Waals surface area contributed by atoms with Gasteiger partial charge >= 0.3 is 18.3 Å². The topological polar surface area (TPSA) is 89.3 Å². The molecule has 20 heavy (non-hydrogen) atoms. The van der Waals surface area contributed by atoms with Gasteiger partial charge in [-0.1, -0.05) is 0 Å². The third-order valence-electron chi connectivity index (χ3n) is 2.35. The number of carbonyl (C=O) groups is 1. The van der Waals surface area contributed by atoms with E-state index >= 15 is 0 Å². The fourth-order valence-electron chi connectivity index (χ4n) is 1.26. The Balaban J connectivity index is 3.04. The van der Waals surface area contributed by atoms with Gasteiger partial charge in [-0.05, 0) is 30.7 Å². The summed E-state index contributed by atoms with van der Waals surface area (Å²) >= 11 is 0. The van der Waals surface area contributed by atoms with Crippen molar-refractivity contribution in [2.75, 3.05) is 5.32 Å². The van der Waals surface area contributed by atoms with Crippen molar-refractivity contribution < 1.29 is 30.8 Å². The van der Waals surface area contributed by atoms with Crippen molar-refractivity contribution in [2.45, 2.75) is 24.2 Å². The molecule has 0 saturated carbocycles. The zero-order valence-electron chi connectivity index (χ0n) is 10.0. The third-order valence-corrected chi connectivity index (χ3v) is 3.26. The number of amides is 1. The summed E-state index contributed by atoms with van der Waals surface area (Å²) in [5.41, 5.74) is -0.141. The van der Waals surface area contributed by atoms with Crippen molar-refractivity contribution in [3.63, 3.8) is 0 Å². The van der Waals surface area contributed by atoms with Gasteiger partial charge in [-0.15, -0.1) is 0 Å². The molecule has 10 heteroatoms. The minimum Gasteiger partial charge on any atom is -0.320 e. The summed E-state index contributed by atoms with van der Waals surface area (Å²) in [5.74, 6) is -7.02. The minimum absolute atomic E-state index is 0.0786. The number of alkyl halides is 4. The molecule has 0 unspecified atom stereocenters.